The van der Waals surface area contributed by atoms with Crippen molar-refractivity contribution >= 4 is 29.0 Å². The zero-order valence-electron chi connectivity index (χ0n) is 15.2. The fraction of sp³-hybridized carbons (Fsp3) is 0.250. The minimum Gasteiger partial charge on any atom is -0.485 e. The van der Waals surface area contributed by atoms with Crippen molar-refractivity contribution in [2.24, 2.45) is 0 Å². The van der Waals surface area contributed by atoms with Gasteiger partial charge in [-0.2, -0.15) is 0 Å². The Balaban J connectivity index is 1.47. The first kappa shape index (κ1) is 17.8. The molecule has 4 rings (SSSR count). The minimum absolute atomic E-state index is 0.00414. The number of benzene rings is 2. The summed E-state index contributed by atoms with van der Waals surface area (Å²) in [5.41, 5.74) is 1.51. The minimum atomic E-state index is -0.243. The SMILES string of the molecule is CCN1C(=O)COc2ccc(C(=O)COc3ccc4c(c3)NC(=O)CO4)cc21. The van der Waals surface area contributed by atoms with E-state index in [0.717, 1.165) is 0 Å². The van der Waals surface area contributed by atoms with E-state index in [1.807, 2.05) is 6.92 Å². The molecule has 2 amide bonds. The van der Waals surface area contributed by atoms with Crippen molar-refractivity contribution in [1.29, 1.82) is 0 Å². The first-order chi connectivity index (χ1) is 13.5. The highest BCUT2D eigenvalue weighted by Crippen LogP contribution is 2.33. The number of ether oxygens (including phenoxy) is 3. The van der Waals surface area contributed by atoms with Gasteiger partial charge in [0, 0.05) is 18.2 Å². The molecule has 1 N–H and O–H groups in total. The van der Waals surface area contributed by atoms with E-state index in [4.69, 9.17) is 14.2 Å². The molecule has 0 aliphatic carbocycles. The number of hydrogen-bond acceptors (Lipinski definition) is 6. The zero-order chi connectivity index (χ0) is 19.7. The van der Waals surface area contributed by atoms with E-state index >= 15 is 0 Å². The highest BCUT2D eigenvalue weighted by Gasteiger charge is 2.25. The molecule has 2 aromatic carbocycles. The Bertz CT molecular complexity index is 971. The lowest BCUT2D eigenvalue weighted by molar-refractivity contribution is -0.121. The monoisotopic (exact) mass is 382 g/mol. The number of rotatable bonds is 5. The summed E-state index contributed by atoms with van der Waals surface area (Å²) in [5, 5.41) is 2.69. The number of carbonyl (C=O) groups is 3. The Morgan fingerprint density at radius 1 is 1.11 bits per heavy atom. The lowest BCUT2D eigenvalue weighted by atomic mass is 10.1. The van der Waals surface area contributed by atoms with Gasteiger partial charge in [-0.15, -0.1) is 0 Å². The molecule has 2 heterocycles. The number of carbonyl (C=O) groups excluding carboxylic acids is 3. The Morgan fingerprint density at radius 3 is 2.71 bits per heavy atom. The second kappa shape index (κ2) is 7.22. The van der Waals surface area contributed by atoms with E-state index in [1.54, 1.807) is 41.3 Å². The predicted octanol–water partition coefficient (Wildman–Crippen LogP) is 2.02. The molecule has 0 aromatic heterocycles. The molecule has 0 unspecified atom stereocenters. The maximum Gasteiger partial charge on any atom is 0.265 e. The van der Waals surface area contributed by atoms with Gasteiger partial charge in [0.15, 0.2) is 25.6 Å². The number of amides is 2. The summed E-state index contributed by atoms with van der Waals surface area (Å²) in [6.07, 6.45) is 0. The highest BCUT2D eigenvalue weighted by atomic mass is 16.5. The van der Waals surface area contributed by atoms with Gasteiger partial charge in [-0.05, 0) is 37.3 Å². The van der Waals surface area contributed by atoms with Crippen LogP contribution in [-0.2, 0) is 9.59 Å². The summed E-state index contributed by atoms with van der Waals surface area (Å²) in [6, 6.07) is 9.93. The Kier molecular flexibility index (Phi) is 4.60. The molecular weight excluding hydrogens is 364 g/mol. The van der Waals surface area contributed by atoms with Gasteiger partial charge in [0.1, 0.15) is 17.2 Å². The molecule has 2 aromatic rings. The Morgan fingerprint density at radius 2 is 1.89 bits per heavy atom. The van der Waals surface area contributed by atoms with E-state index in [2.05, 4.69) is 5.32 Å². The van der Waals surface area contributed by atoms with Crippen molar-refractivity contribution < 1.29 is 28.6 Å². The average molecular weight is 382 g/mol. The van der Waals surface area contributed by atoms with E-state index in [1.165, 1.54) is 0 Å². The number of likely N-dealkylation sites (N-methyl/N-ethyl adjacent to an activating group) is 1. The van der Waals surface area contributed by atoms with Crippen LogP contribution in [0.25, 0.3) is 0 Å². The second-order valence-corrected chi connectivity index (χ2v) is 6.32. The van der Waals surface area contributed by atoms with Crippen molar-refractivity contribution in [3.8, 4) is 17.2 Å². The fourth-order valence-corrected chi connectivity index (χ4v) is 3.11. The van der Waals surface area contributed by atoms with Crippen molar-refractivity contribution in [3.05, 3.63) is 42.0 Å². The van der Waals surface area contributed by atoms with Crippen LogP contribution in [0.1, 0.15) is 17.3 Å². The average Bonchev–Trinajstić information content (AvgIpc) is 2.71. The molecule has 0 bridgehead atoms. The number of nitrogens with zero attached hydrogens (tertiary/aromatic N) is 1. The predicted molar refractivity (Wildman–Crippen MR) is 100 cm³/mol. The van der Waals surface area contributed by atoms with Gasteiger partial charge in [0.25, 0.3) is 11.8 Å². The van der Waals surface area contributed by atoms with Gasteiger partial charge in [0.05, 0.1) is 11.4 Å². The van der Waals surface area contributed by atoms with Gasteiger partial charge in [-0.25, -0.2) is 0 Å². The van der Waals surface area contributed by atoms with Crippen molar-refractivity contribution in [3.63, 3.8) is 0 Å². The third-order valence-corrected chi connectivity index (χ3v) is 4.49. The fourth-order valence-electron chi connectivity index (χ4n) is 3.11. The lowest BCUT2D eigenvalue weighted by Crippen LogP contribution is -2.38. The molecule has 8 heteroatoms. The molecule has 144 valence electrons. The highest BCUT2D eigenvalue weighted by molar-refractivity contribution is 6.02. The molecule has 8 nitrogen and oxygen atoms in total. The third-order valence-electron chi connectivity index (χ3n) is 4.49. The van der Waals surface area contributed by atoms with Crippen LogP contribution in [0, 0.1) is 0 Å². The number of fused-ring (bicyclic) bond motifs is 2. The van der Waals surface area contributed by atoms with Crippen LogP contribution in [0.2, 0.25) is 0 Å². The molecule has 0 spiro atoms. The maximum atomic E-state index is 12.6. The molecule has 0 saturated carbocycles. The van der Waals surface area contributed by atoms with Gasteiger partial charge >= 0.3 is 0 Å². The van der Waals surface area contributed by atoms with Crippen LogP contribution in [0.5, 0.6) is 17.2 Å². The van der Waals surface area contributed by atoms with Crippen LogP contribution in [-0.4, -0.2) is 44.0 Å². The van der Waals surface area contributed by atoms with Crippen molar-refractivity contribution in [1.82, 2.24) is 0 Å². The Hall–Kier alpha value is -3.55. The van der Waals surface area contributed by atoms with Crippen LogP contribution in [0.15, 0.2) is 36.4 Å². The van der Waals surface area contributed by atoms with E-state index in [0.29, 0.717) is 40.7 Å². The summed E-state index contributed by atoms with van der Waals surface area (Å²) in [4.78, 5) is 37.5. The normalized spacial score (nSPS) is 15.0. The standard InChI is InChI=1S/C20H18N2O6/c1-2-22-15-7-12(3-5-18(15)28-11-20(22)25)16(23)9-26-13-4-6-17-14(8-13)21-19(24)10-27-17/h3-8H,2,9-11H2,1H3,(H,21,24). The topological polar surface area (TPSA) is 94.2 Å². The van der Waals surface area contributed by atoms with E-state index in [9.17, 15) is 14.4 Å². The lowest BCUT2D eigenvalue weighted by Gasteiger charge is -2.28. The number of ketones is 1. The van der Waals surface area contributed by atoms with Crippen LogP contribution < -0.4 is 24.4 Å². The maximum absolute atomic E-state index is 12.6. The molecule has 28 heavy (non-hydrogen) atoms. The quantitative estimate of drug-likeness (QED) is 0.795. The largest absolute Gasteiger partial charge is 0.485 e. The van der Waals surface area contributed by atoms with Gasteiger partial charge in [0.2, 0.25) is 0 Å². The van der Waals surface area contributed by atoms with Crippen LogP contribution >= 0.6 is 0 Å². The van der Waals surface area contributed by atoms with Gasteiger partial charge < -0.3 is 24.4 Å². The number of hydrogen-bond donors (Lipinski definition) is 1. The van der Waals surface area contributed by atoms with E-state index in [-0.39, 0.29) is 37.4 Å². The molecule has 0 radical (unpaired) electrons. The second-order valence-electron chi connectivity index (χ2n) is 6.32. The zero-order valence-corrected chi connectivity index (χ0v) is 15.2. The van der Waals surface area contributed by atoms with Gasteiger partial charge in [-0.3, -0.25) is 14.4 Å². The number of Topliss-reactive ketones (excluding diaryl/α,β-unsaturated/α-hetero) is 1. The number of anilines is 2. The van der Waals surface area contributed by atoms with Crippen molar-refractivity contribution in [2.45, 2.75) is 6.92 Å². The molecule has 0 saturated heterocycles. The third kappa shape index (κ3) is 3.36. The first-order valence-electron chi connectivity index (χ1n) is 8.85. The summed E-state index contributed by atoms with van der Waals surface area (Å²) in [7, 11) is 0. The van der Waals surface area contributed by atoms with Crippen LogP contribution in [0.3, 0.4) is 0 Å². The summed E-state index contributed by atoms with van der Waals surface area (Å²) < 4.78 is 16.3. The molecule has 2 aliphatic heterocycles. The van der Waals surface area contributed by atoms with Gasteiger partial charge in [-0.1, -0.05) is 0 Å². The number of nitrogens with one attached hydrogen (secondary N) is 1. The molecule has 0 fully saturated rings. The Labute approximate surface area is 161 Å². The summed E-state index contributed by atoms with van der Waals surface area (Å²) in [6.45, 7) is 2.14. The molecule has 0 atom stereocenters. The first-order valence-corrected chi connectivity index (χ1v) is 8.85. The summed E-state index contributed by atoms with van der Waals surface area (Å²) in [5.74, 6) is 0.933. The smallest absolute Gasteiger partial charge is 0.265 e. The van der Waals surface area contributed by atoms with E-state index < -0.39 is 0 Å². The molecular formula is C20H18N2O6. The van der Waals surface area contributed by atoms with Crippen molar-refractivity contribution in [2.75, 3.05) is 36.6 Å². The summed E-state index contributed by atoms with van der Waals surface area (Å²) >= 11 is 0. The van der Waals surface area contributed by atoms with Crippen LogP contribution in [0.4, 0.5) is 11.4 Å². The molecule has 2 aliphatic rings.